The van der Waals surface area contributed by atoms with Crippen LogP contribution in [0.3, 0.4) is 0 Å². The topological polar surface area (TPSA) is 0 Å². The van der Waals surface area contributed by atoms with Crippen molar-refractivity contribution < 1.29 is 4.39 Å². The number of allylic oxidation sites excluding steroid dienone is 1. The number of halogens is 1. The van der Waals surface area contributed by atoms with Gasteiger partial charge in [0.15, 0.2) is 0 Å². The Morgan fingerprint density at radius 2 is 1.56 bits per heavy atom. The van der Waals surface area contributed by atoms with Gasteiger partial charge in [0, 0.05) is 0 Å². The fourth-order valence-electron chi connectivity index (χ4n) is 1.55. The molecule has 0 aromatic heterocycles. The molecule has 0 radical (unpaired) electrons. The summed E-state index contributed by atoms with van der Waals surface area (Å²) in [7, 11) is 0. The van der Waals surface area contributed by atoms with E-state index in [1.807, 2.05) is 54.6 Å². The lowest BCUT2D eigenvalue weighted by atomic mass is 10.1. The summed E-state index contributed by atoms with van der Waals surface area (Å²) >= 11 is 0. The standard InChI is InChI=1S/C15H13F/c16-15-12-5-4-10-14(15)11-6-9-13-7-2-1-3-8-13/h1-10,12H,11H2/b9-6+. The van der Waals surface area contributed by atoms with Gasteiger partial charge < -0.3 is 0 Å². The summed E-state index contributed by atoms with van der Waals surface area (Å²) in [4.78, 5) is 0. The highest BCUT2D eigenvalue weighted by Crippen LogP contribution is 2.09. The molecule has 16 heavy (non-hydrogen) atoms. The molecule has 0 N–H and O–H groups in total. The van der Waals surface area contributed by atoms with Crippen LogP contribution in [0.15, 0.2) is 60.7 Å². The van der Waals surface area contributed by atoms with Crippen molar-refractivity contribution in [2.24, 2.45) is 0 Å². The summed E-state index contributed by atoms with van der Waals surface area (Å²) in [5, 5.41) is 0. The summed E-state index contributed by atoms with van der Waals surface area (Å²) < 4.78 is 13.3. The van der Waals surface area contributed by atoms with E-state index in [9.17, 15) is 4.39 Å². The lowest BCUT2D eigenvalue weighted by Crippen LogP contribution is -1.86. The van der Waals surface area contributed by atoms with Gasteiger partial charge in [0.2, 0.25) is 0 Å². The smallest absolute Gasteiger partial charge is 0.126 e. The Morgan fingerprint density at radius 1 is 0.875 bits per heavy atom. The summed E-state index contributed by atoms with van der Waals surface area (Å²) in [5.74, 6) is -0.139. The predicted octanol–water partition coefficient (Wildman–Crippen LogP) is 4.08. The molecule has 0 bridgehead atoms. The fourth-order valence-corrected chi connectivity index (χ4v) is 1.55. The number of benzene rings is 2. The van der Waals surface area contributed by atoms with Crippen LogP contribution in [0.1, 0.15) is 11.1 Å². The molecular weight excluding hydrogens is 199 g/mol. The molecule has 2 aromatic rings. The number of hydrogen-bond donors (Lipinski definition) is 0. The largest absolute Gasteiger partial charge is 0.207 e. The van der Waals surface area contributed by atoms with Gasteiger partial charge in [0.1, 0.15) is 5.82 Å². The molecule has 0 saturated heterocycles. The van der Waals surface area contributed by atoms with Gasteiger partial charge in [-0.05, 0) is 23.6 Å². The zero-order valence-electron chi connectivity index (χ0n) is 8.94. The van der Waals surface area contributed by atoms with E-state index < -0.39 is 0 Å². The lowest BCUT2D eigenvalue weighted by molar-refractivity contribution is 0.615. The molecule has 0 aliphatic rings. The molecule has 0 saturated carbocycles. The minimum atomic E-state index is -0.139. The molecule has 1 heteroatoms. The van der Waals surface area contributed by atoms with E-state index in [0.717, 1.165) is 11.1 Å². The summed E-state index contributed by atoms with van der Waals surface area (Å²) in [6.07, 6.45) is 4.61. The van der Waals surface area contributed by atoms with Gasteiger partial charge in [-0.3, -0.25) is 0 Å². The maximum absolute atomic E-state index is 13.3. The van der Waals surface area contributed by atoms with Gasteiger partial charge in [0.05, 0.1) is 0 Å². The second kappa shape index (κ2) is 5.26. The van der Waals surface area contributed by atoms with Gasteiger partial charge in [-0.25, -0.2) is 4.39 Å². The van der Waals surface area contributed by atoms with Crippen molar-refractivity contribution >= 4 is 6.08 Å². The van der Waals surface area contributed by atoms with Crippen LogP contribution in [-0.4, -0.2) is 0 Å². The molecule has 0 spiro atoms. The van der Waals surface area contributed by atoms with Crippen LogP contribution in [0.2, 0.25) is 0 Å². The molecule has 80 valence electrons. The van der Waals surface area contributed by atoms with Gasteiger partial charge in [-0.1, -0.05) is 60.7 Å². The summed E-state index contributed by atoms with van der Waals surface area (Å²) in [6, 6.07) is 16.9. The second-order valence-electron chi connectivity index (χ2n) is 3.61. The SMILES string of the molecule is Fc1ccccc1C/C=C/c1ccccc1. The van der Waals surface area contributed by atoms with Gasteiger partial charge >= 0.3 is 0 Å². The van der Waals surface area contributed by atoms with Crippen LogP contribution in [0.25, 0.3) is 6.08 Å². The van der Waals surface area contributed by atoms with Gasteiger partial charge in [0.25, 0.3) is 0 Å². The van der Waals surface area contributed by atoms with E-state index in [1.54, 1.807) is 6.07 Å². The van der Waals surface area contributed by atoms with Crippen molar-refractivity contribution in [3.63, 3.8) is 0 Å². The summed E-state index contributed by atoms with van der Waals surface area (Å²) in [5.41, 5.74) is 1.87. The van der Waals surface area contributed by atoms with Crippen LogP contribution in [0.4, 0.5) is 4.39 Å². The van der Waals surface area contributed by atoms with E-state index >= 15 is 0 Å². The Balaban J connectivity index is 2.03. The van der Waals surface area contributed by atoms with Gasteiger partial charge in [-0.2, -0.15) is 0 Å². The molecule has 0 nitrogen and oxygen atoms in total. The number of rotatable bonds is 3. The molecule has 0 aliphatic carbocycles. The van der Waals surface area contributed by atoms with E-state index in [-0.39, 0.29) is 5.82 Å². The average Bonchev–Trinajstić information content (AvgIpc) is 2.33. The van der Waals surface area contributed by atoms with Crippen molar-refractivity contribution in [2.45, 2.75) is 6.42 Å². The quantitative estimate of drug-likeness (QED) is 0.719. The van der Waals surface area contributed by atoms with Crippen molar-refractivity contribution in [1.29, 1.82) is 0 Å². The van der Waals surface area contributed by atoms with Crippen LogP contribution < -0.4 is 0 Å². The van der Waals surface area contributed by atoms with E-state index in [4.69, 9.17) is 0 Å². The molecule has 0 amide bonds. The molecule has 0 fully saturated rings. The Labute approximate surface area is 95.1 Å². The van der Waals surface area contributed by atoms with Crippen LogP contribution >= 0.6 is 0 Å². The Kier molecular flexibility index (Phi) is 3.50. The average molecular weight is 212 g/mol. The fraction of sp³-hybridized carbons (Fsp3) is 0.0667. The third-order valence-corrected chi connectivity index (χ3v) is 2.41. The minimum absolute atomic E-state index is 0.139. The number of hydrogen-bond acceptors (Lipinski definition) is 0. The third kappa shape index (κ3) is 2.80. The lowest BCUT2D eigenvalue weighted by Gasteiger charge is -1.97. The van der Waals surface area contributed by atoms with E-state index in [2.05, 4.69) is 0 Å². The van der Waals surface area contributed by atoms with Crippen LogP contribution in [0.5, 0.6) is 0 Å². The highest BCUT2D eigenvalue weighted by Gasteiger charge is 1.96. The molecule has 0 atom stereocenters. The van der Waals surface area contributed by atoms with E-state index in [1.165, 1.54) is 6.07 Å². The van der Waals surface area contributed by atoms with Gasteiger partial charge in [-0.15, -0.1) is 0 Å². The molecule has 2 rings (SSSR count). The second-order valence-corrected chi connectivity index (χ2v) is 3.61. The minimum Gasteiger partial charge on any atom is -0.207 e. The summed E-state index contributed by atoms with van der Waals surface area (Å²) in [6.45, 7) is 0. The molecule has 0 heterocycles. The maximum atomic E-state index is 13.3. The van der Waals surface area contributed by atoms with Crippen molar-refractivity contribution in [3.8, 4) is 0 Å². The zero-order valence-corrected chi connectivity index (χ0v) is 8.94. The molecule has 0 unspecified atom stereocenters. The monoisotopic (exact) mass is 212 g/mol. The highest BCUT2D eigenvalue weighted by atomic mass is 19.1. The first kappa shape index (κ1) is 10.6. The molecule has 0 aliphatic heterocycles. The first-order valence-electron chi connectivity index (χ1n) is 5.31. The zero-order chi connectivity index (χ0) is 11.2. The molecular formula is C15H13F. The Hall–Kier alpha value is -1.89. The third-order valence-electron chi connectivity index (χ3n) is 2.41. The highest BCUT2D eigenvalue weighted by molar-refractivity contribution is 5.49. The van der Waals surface area contributed by atoms with Crippen LogP contribution in [-0.2, 0) is 6.42 Å². The Morgan fingerprint density at radius 3 is 2.31 bits per heavy atom. The van der Waals surface area contributed by atoms with E-state index in [0.29, 0.717) is 6.42 Å². The first-order valence-corrected chi connectivity index (χ1v) is 5.31. The van der Waals surface area contributed by atoms with Crippen LogP contribution in [0, 0.1) is 5.82 Å². The maximum Gasteiger partial charge on any atom is 0.126 e. The normalized spacial score (nSPS) is 10.8. The first-order chi connectivity index (χ1) is 7.86. The Bertz CT molecular complexity index is 472. The van der Waals surface area contributed by atoms with Crippen molar-refractivity contribution in [2.75, 3.05) is 0 Å². The van der Waals surface area contributed by atoms with Crippen molar-refractivity contribution in [1.82, 2.24) is 0 Å². The predicted molar refractivity (Wildman–Crippen MR) is 65.6 cm³/mol. The van der Waals surface area contributed by atoms with Crippen molar-refractivity contribution in [3.05, 3.63) is 77.6 Å². The molecule has 2 aromatic carbocycles.